The Morgan fingerprint density at radius 2 is 1.89 bits per heavy atom. The molecule has 0 aliphatic heterocycles. The van der Waals surface area contributed by atoms with E-state index >= 15 is 0 Å². The Morgan fingerprint density at radius 1 is 0.946 bits per heavy atom. The number of nitrogens with zero attached hydrogens (tertiary/aromatic N) is 3. The van der Waals surface area contributed by atoms with Crippen molar-refractivity contribution >= 4 is 21.9 Å². The van der Waals surface area contributed by atoms with Gasteiger partial charge in [0.25, 0.3) is 0 Å². The van der Waals surface area contributed by atoms with Crippen LogP contribution < -0.4 is 5.32 Å². The summed E-state index contributed by atoms with van der Waals surface area (Å²) in [5.41, 5.74) is 8.91. The SMILES string of the molecule is c1cc(CNCC2CCCC2)cc(-c2cnc3n[nH]c(-c4cc5c(-c6ccoc6)nccc5[nH]4)c3c2)c1. The van der Waals surface area contributed by atoms with Gasteiger partial charge in [-0.1, -0.05) is 31.0 Å². The van der Waals surface area contributed by atoms with Crippen LogP contribution in [-0.4, -0.2) is 31.7 Å². The van der Waals surface area contributed by atoms with E-state index in [0.717, 1.165) is 69.1 Å². The van der Waals surface area contributed by atoms with E-state index in [1.165, 1.54) is 31.2 Å². The normalized spacial score (nSPS) is 14.3. The summed E-state index contributed by atoms with van der Waals surface area (Å²) in [5, 5.41) is 13.3. The maximum atomic E-state index is 5.28. The molecule has 1 aliphatic carbocycles. The Balaban J connectivity index is 1.20. The van der Waals surface area contributed by atoms with Crippen molar-refractivity contribution in [3.05, 3.63) is 79.0 Å². The molecule has 0 spiro atoms. The van der Waals surface area contributed by atoms with Gasteiger partial charge in [-0.2, -0.15) is 5.10 Å². The van der Waals surface area contributed by atoms with Crippen LogP contribution in [0.1, 0.15) is 31.2 Å². The maximum absolute atomic E-state index is 5.28. The van der Waals surface area contributed by atoms with Gasteiger partial charge in [-0.25, -0.2) is 4.98 Å². The van der Waals surface area contributed by atoms with Crippen LogP contribution in [0.4, 0.5) is 0 Å². The van der Waals surface area contributed by atoms with Crippen LogP contribution in [0.2, 0.25) is 0 Å². The highest BCUT2D eigenvalue weighted by Crippen LogP contribution is 2.34. The third-order valence-corrected chi connectivity index (χ3v) is 7.52. The standard InChI is InChI=1S/C30H28N6O/c1-2-5-19(4-1)15-31-16-20-6-3-7-21(12-20)23-13-25-29(35-36-30(25)33-17-23)27-14-24-26(34-27)8-10-32-28(24)22-9-11-37-18-22/h3,6-14,17-19,31,34H,1-2,4-5,15-16H2,(H,33,35,36). The molecular formula is C30H28N6O. The minimum atomic E-state index is 0.694. The van der Waals surface area contributed by atoms with Crippen molar-refractivity contribution in [2.24, 2.45) is 5.92 Å². The van der Waals surface area contributed by atoms with Crippen LogP contribution in [0, 0.1) is 5.92 Å². The molecule has 3 N–H and O–H groups in total. The maximum Gasteiger partial charge on any atom is 0.181 e. The van der Waals surface area contributed by atoms with Gasteiger partial charge in [-0.15, -0.1) is 0 Å². The monoisotopic (exact) mass is 488 g/mol. The van der Waals surface area contributed by atoms with Crippen LogP contribution >= 0.6 is 0 Å². The average Bonchev–Trinajstić information content (AvgIpc) is 3.74. The number of aromatic nitrogens is 5. The smallest absolute Gasteiger partial charge is 0.181 e. The molecule has 1 fully saturated rings. The number of fused-ring (bicyclic) bond motifs is 2. The molecular weight excluding hydrogens is 460 g/mol. The molecule has 0 saturated heterocycles. The highest BCUT2D eigenvalue weighted by molar-refractivity contribution is 5.99. The molecule has 0 radical (unpaired) electrons. The van der Waals surface area contributed by atoms with Crippen molar-refractivity contribution in [2.45, 2.75) is 32.2 Å². The second-order valence-electron chi connectivity index (χ2n) is 9.99. The first-order chi connectivity index (χ1) is 18.3. The van der Waals surface area contributed by atoms with Gasteiger partial charge >= 0.3 is 0 Å². The summed E-state index contributed by atoms with van der Waals surface area (Å²) in [6.07, 6.45) is 12.6. The molecule has 1 saturated carbocycles. The summed E-state index contributed by atoms with van der Waals surface area (Å²) in [4.78, 5) is 12.8. The number of benzene rings is 1. The summed E-state index contributed by atoms with van der Waals surface area (Å²) in [6, 6.07) is 16.9. The molecule has 7 rings (SSSR count). The van der Waals surface area contributed by atoms with Crippen LogP contribution in [0.15, 0.2) is 77.9 Å². The van der Waals surface area contributed by atoms with E-state index in [1.54, 1.807) is 12.5 Å². The Kier molecular flexibility index (Phi) is 5.55. The number of hydrogen-bond donors (Lipinski definition) is 3. The van der Waals surface area contributed by atoms with Crippen molar-refractivity contribution < 1.29 is 4.42 Å². The molecule has 5 heterocycles. The van der Waals surface area contributed by atoms with Gasteiger partial charge in [0.15, 0.2) is 5.65 Å². The molecule has 0 unspecified atom stereocenters. The van der Waals surface area contributed by atoms with Crippen molar-refractivity contribution in [3.63, 3.8) is 0 Å². The molecule has 0 amide bonds. The van der Waals surface area contributed by atoms with Crippen LogP contribution in [-0.2, 0) is 6.54 Å². The molecule has 1 aromatic carbocycles. The lowest BCUT2D eigenvalue weighted by Gasteiger charge is -2.11. The number of pyridine rings is 2. The van der Waals surface area contributed by atoms with Gasteiger partial charge < -0.3 is 14.7 Å². The average molecular weight is 489 g/mol. The summed E-state index contributed by atoms with van der Waals surface area (Å²) < 4.78 is 5.28. The molecule has 5 aromatic heterocycles. The lowest BCUT2D eigenvalue weighted by atomic mass is 10.0. The van der Waals surface area contributed by atoms with Gasteiger partial charge in [-0.3, -0.25) is 10.1 Å². The first kappa shape index (κ1) is 22.0. The van der Waals surface area contributed by atoms with Gasteiger partial charge in [0.1, 0.15) is 0 Å². The minimum absolute atomic E-state index is 0.694. The molecule has 6 aromatic rings. The van der Waals surface area contributed by atoms with Gasteiger partial charge in [0.05, 0.1) is 29.6 Å². The molecule has 0 bridgehead atoms. The van der Waals surface area contributed by atoms with Crippen molar-refractivity contribution in [1.29, 1.82) is 0 Å². The lowest BCUT2D eigenvalue weighted by Crippen LogP contribution is -2.20. The first-order valence-corrected chi connectivity index (χ1v) is 13.0. The van der Waals surface area contributed by atoms with E-state index in [-0.39, 0.29) is 0 Å². The third-order valence-electron chi connectivity index (χ3n) is 7.52. The number of H-pyrrole nitrogens is 2. The topological polar surface area (TPSA) is 95.4 Å². The quantitative estimate of drug-likeness (QED) is 0.232. The summed E-state index contributed by atoms with van der Waals surface area (Å²) >= 11 is 0. The van der Waals surface area contributed by atoms with Gasteiger partial charge in [-0.05, 0) is 66.8 Å². The Hall–Kier alpha value is -4.23. The number of nitrogens with one attached hydrogen (secondary N) is 3. The zero-order chi connectivity index (χ0) is 24.6. The van der Waals surface area contributed by atoms with Crippen molar-refractivity contribution in [1.82, 2.24) is 30.5 Å². The van der Waals surface area contributed by atoms with E-state index in [4.69, 9.17) is 4.42 Å². The summed E-state index contributed by atoms with van der Waals surface area (Å²) in [5.74, 6) is 0.838. The fourth-order valence-corrected chi connectivity index (χ4v) is 5.58. The third kappa shape index (κ3) is 4.21. The van der Waals surface area contributed by atoms with E-state index in [1.807, 2.05) is 24.5 Å². The fourth-order valence-electron chi connectivity index (χ4n) is 5.58. The van der Waals surface area contributed by atoms with Gasteiger partial charge in [0.2, 0.25) is 0 Å². The Bertz CT molecular complexity index is 1670. The van der Waals surface area contributed by atoms with Crippen molar-refractivity contribution in [3.8, 4) is 33.8 Å². The highest BCUT2D eigenvalue weighted by Gasteiger charge is 2.16. The molecule has 7 heteroatoms. The lowest BCUT2D eigenvalue weighted by molar-refractivity contribution is 0.489. The summed E-state index contributed by atoms with van der Waals surface area (Å²) in [7, 11) is 0. The molecule has 0 atom stereocenters. The van der Waals surface area contributed by atoms with Crippen molar-refractivity contribution in [2.75, 3.05) is 6.54 Å². The van der Waals surface area contributed by atoms with E-state index < -0.39 is 0 Å². The molecule has 7 nitrogen and oxygen atoms in total. The number of hydrogen-bond acceptors (Lipinski definition) is 5. The number of furan rings is 1. The predicted octanol–water partition coefficient (Wildman–Crippen LogP) is 6.71. The molecule has 1 aliphatic rings. The van der Waals surface area contributed by atoms with E-state index in [2.05, 4.69) is 66.9 Å². The Labute approximate surface area is 214 Å². The highest BCUT2D eigenvalue weighted by atomic mass is 16.3. The second kappa shape index (κ2) is 9.33. The fraction of sp³-hybridized carbons (Fsp3) is 0.233. The minimum Gasteiger partial charge on any atom is -0.472 e. The molecule has 184 valence electrons. The number of aromatic amines is 2. The largest absolute Gasteiger partial charge is 0.472 e. The summed E-state index contributed by atoms with van der Waals surface area (Å²) in [6.45, 7) is 2.00. The Morgan fingerprint density at radius 3 is 2.78 bits per heavy atom. The zero-order valence-electron chi connectivity index (χ0n) is 20.5. The van der Waals surface area contributed by atoms with Crippen LogP contribution in [0.5, 0.6) is 0 Å². The first-order valence-electron chi connectivity index (χ1n) is 13.0. The van der Waals surface area contributed by atoms with Crippen LogP contribution in [0.3, 0.4) is 0 Å². The molecule has 37 heavy (non-hydrogen) atoms. The van der Waals surface area contributed by atoms with Gasteiger partial charge in [0, 0.05) is 46.4 Å². The predicted molar refractivity (Wildman–Crippen MR) is 146 cm³/mol. The number of rotatable bonds is 7. The van der Waals surface area contributed by atoms with E-state index in [0.29, 0.717) is 5.65 Å². The zero-order valence-corrected chi connectivity index (χ0v) is 20.5. The van der Waals surface area contributed by atoms with Crippen LogP contribution in [0.25, 0.3) is 55.7 Å². The van der Waals surface area contributed by atoms with E-state index in [9.17, 15) is 0 Å². The second-order valence-corrected chi connectivity index (χ2v) is 9.99.